The summed E-state index contributed by atoms with van der Waals surface area (Å²) >= 11 is 0. The molecule has 0 spiro atoms. The molecule has 0 saturated heterocycles. The number of hydrogen-bond acceptors (Lipinski definition) is 5. The molecule has 0 saturated carbocycles. The second-order valence-corrected chi connectivity index (χ2v) is 3.77. The lowest BCUT2D eigenvalue weighted by atomic mass is 10.1. The van der Waals surface area contributed by atoms with Crippen molar-refractivity contribution >= 4 is 17.3 Å². The molecule has 0 heterocycles. The van der Waals surface area contributed by atoms with Crippen LogP contribution in [0.2, 0.25) is 0 Å². The number of azide groups is 1. The molecule has 1 aromatic rings. The summed E-state index contributed by atoms with van der Waals surface area (Å²) in [6.45, 7) is 3.58. The van der Waals surface area contributed by atoms with E-state index in [1.165, 1.54) is 12.1 Å². The van der Waals surface area contributed by atoms with Crippen LogP contribution in [-0.2, 0) is 4.74 Å². The van der Waals surface area contributed by atoms with Gasteiger partial charge in [-0.3, -0.25) is 10.1 Å². The molecule has 0 fully saturated rings. The first-order valence-corrected chi connectivity index (χ1v) is 5.54. The predicted molar refractivity (Wildman–Crippen MR) is 67.1 cm³/mol. The van der Waals surface area contributed by atoms with Crippen LogP contribution in [0.15, 0.2) is 23.3 Å². The Hall–Kier alpha value is -2.60. The summed E-state index contributed by atoms with van der Waals surface area (Å²) in [5, 5.41) is 14.0. The van der Waals surface area contributed by atoms with E-state index in [0.717, 1.165) is 6.07 Å². The van der Waals surface area contributed by atoms with Crippen molar-refractivity contribution in [2.75, 3.05) is 0 Å². The van der Waals surface area contributed by atoms with Crippen LogP contribution in [-0.4, -0.2) is 17.0 Å². The number of rotatable bonds is 5. The smallest absolute Gasteiger partial charge is 0.338 e. The zero-order chi connectivity index (χ0) is 14.4. The van der Waals surface area contributed by atoms with E-state index in [1.807, 2.05) is 6.92 Å². The lowest BCUT2D eigenvalue weighted by Crippen LogP contribution is -2.14. The van der Waals surface area contributed by atoms with Crippen molar-refractivity contribution in [3.05, 3.63) is 44.3 Å². The third kappa shape index (κ3) is 3.68. The van der Waals surface area contributed by atoms with Gasteiger partial charge in [0.25, 0.3) is 5.69 Å². The van der Waals surface area contributed by atoms with E-state index in [2.05, 4.69) is 10.0 Å². The molecule has 1 rings (SSSR count). The number of carbonyl (C=O) groups is 1. The topological polar surface area (TPSA) is 118 Å². The van der Waals surface area contributed by atoms with E-state index in [0.29, 0.717) is 6.42 Å². The van der Waals surface area contributed by atoms with Crippen LogP contribution in [0.1, 0.15) is 30.6 Å². The Labute approximate surface area is 108 Å². The van der Waals surface area contributed by atoms with Crippen molar-refractivity contribution in [2.45, 2.75) is 26.4 Å². The molecule has 1 atom stereocenters. The molecule has 0 aliphatic heterocycles. The SMILES string of the molecule is CCC(C)OC(=O)c1ccc(N=[N+]=[N-])c([N+](=O)[O-])c1. The van der Waals surface area contributed by atoms with Gasteiger partial charge in [0.2, 0.25) is 0 Å². The second kappa shape index (κ2) is 6.36. The molecule has 0 N–H and O–H groups in total. The normalized spacial score (nSPS) is 11.3. The van der Waals surface area contributed by atoms with E-state index < -0.39 is 16.6 Å². The minimum Gasteiger partial charge on any atom is -0.459 e. The standard InChI is InChI=1S/C11H12N4O4/c1-3-7(2)19-11(16)8-4-5-9(13-14-12)10(6-8)15(17)18/h4-7H,3H2,1-2H3. The van der Waals surface area contributed by atoms with Crippen LogP contribution in [0.25, 0.3) is 10.4 Å². The highest BCUT2D eigenvalue weighted by Gasteiger charge is 2.18. The van der Waals surface area contributed by atoms with Gasteiger partial charge in [-0.25, -0.2) is 4.79 Å². The van der Waals surface area contributed by atoms with Gasteiger partial charge in [-0.2, -0.15) is 0 Å². The van der Waals surface area contributed by atoms with E-state index >= 15 is 0 Å². The molecule has 8 nitrogen and oxygen atoms in total. The Balaban J connectivity index is 3.11. The highest BCUT2D eigenvalue weighted by Crippen LogP contribution is 2.28. The Kier molecular flexibility index (Phi) is 4.84. The first-order valence-electron chi connectivity index (χ1n) is 5.54. The summed E-state index contributed by atoms with van der Waals surface area (Å²) in [7, 11) is 0. The molecular formula is C11H12N4O4. The zero-order valence-corrected chi connectivity index (χ0v) is 10.4. The van der Waals surface area contributed by atoms with Gasteiger partial charge in [0.05, 0.1) is 16.6 Å². The van der Waals surface area contributed by atoms with Crippen LogP contribution < -0.4 is 0 Å². The van der Waals surface area contributed by atoms with Crippen LogP contribution in [0.4, 0.5) is 11.4 Å². The van der Waals surface area contributed by atoms with Gasteiger partial charge in [0, 0.05) is 11.0 Å². The largest absolute Gasteiger partial charge is 0.459 e. The minimum absolute atomic E-state index is 0.0453. The molecule has 1 unspecified atom stereocenters. The third-order valence-electron chi connectivity index (χ3n) is 2.44. The van der Waals surface area contributed by atoms with Gasteiger partial charge >= 0.3 is 5.97 Å². The quantitative estimate of drug-likeness (QED) is 0.202. The molecular weight excluding hydrogens is 252 g/mol. The lowest BCUT2D eigenvalue weighted by Gasteiger charge is -2.10. The van der Waals surface area contributed by atoms with E-state index in [-0.39, 0.29) is 17.4 Å². The molecule has 0 aliphatic rings. The van der Waals surface area contributed by atoms with Gasteiger partial charge in [-0.1, -0.05) is 12.0 Å². The Bertz CT molecular complexity index is 552. The molecule has 0 aliphatic carbocycles. The summed E-state index contributed by atoms with van der Waals surface area (Å²) < 4.78 is 5.06. The van der Waals surface area contributed by atoms with Gasteiger partial charge in [0.15, 0.2) is 0 Å². The summed E-state index contributed by atoms with van der Waals surface area (Å²) in [4.78, 5) is 24.3. The summed E-state index contributed by atoms with van der Waals surface area (Å²) in [5.74, 6) is -0.648. The monoisotopic (exact) mass is 264 g/mol. The molecule has 100 valence electrons. The molecule has 0 amide bonds. The van der Waals surface area contributed by atoms with Crippen LogP contribution in [0.5, 0.6) is 0 Å². The highest BCUT2D eigenvalue weighted by molar-refractivity contribution is 5.91. The van der Waals surface area contributed by atoms with Gasteiger partial charge in [-0.15, -0.1) is 0 Å². The molecule has 1 aromatic carbocycles. The lowest BCUT2D eigenvalue weighted by molar-refractivity contribution is -0.384. The number of esters is 1. The van der Waals surface area contributed by atoms with Crippen molar-refractivity contribution in [1.29, 1.82) is 0 Å². The maximum Gasteiger partial charge on any atom is 0.338 e. The molecule has 19 heavy (non-hydrogen) atoms. The minimum atomic E-state index is -0.718. The second-order valence-electron chi connectivity index (χ2n) is 3.77. The molecule has 0 bridgehead atoms. The van der Waals surface area contributed by atoms with Crippen LogP contribution in [0.3, 0.4) is 0 Å². The maximum atomic E-state index is 11.7. The highest BCUT2D eigenvalue weighted by atomic mass is 16.6. The average molecular weight is 264 g/mol. The fraction of sp³-hybridized carbons (Fsp3) is 0.364. The first kappa shape index (κ1) is 14.5. The van der Waals surface area contributed by atoms with Crippen LogP contribution in [0, 0.1) is 10.1 Å². The Morgan fingerprint density at radius 2 is 2.32 bits per heavy atom. The van der Waals surface area contributed by atoms with Crippen molar-refractivity contribution < 1.29 is 14.5 Å². The number of nitro groups is 1. The number of hydrogen-bond donors (Lipinski definition) is 0. The number of nitro benzene ring substituents is 1. The van der Waals surface area contributed by atoms with Gasteiger partial charge in [0.1, 0.15) is 5.69 Å². The molecule has 0 radical (unpaired) electrons. The molecule has 8 heteroatoms. The van der Waals surface area contributed by atoms with Gasteiger partial charge < -0.3 is 4.74 Å². The summed E-state index contributed by atoms with van der Waals surface area (Å²) in [5.41, 5.74) is 7.77. The van der Waals surface area contributed by atoms with Gasteiger partial charge in [-0.05, 0) is 31.0 Å². The van der Waals surface area contributed by atoms with Crippen molar-refractivity contribution in [2.24, 2.45) is 5.11 Å². The van der Waals surface area contributed by atoms with E-state index in [9.17, 15) is 14.9 Å². The number of nitrogens with zero attached hydrogens (tertiary/aromatic N) is 4. The van der Waals surface area contributed by atoms with Crippen molar-refractivity contribution in [3.63, 3.8) is 0 Å². The fourth-order valence-electron chi connectivity index (χ4n) is 1.26. The van der Waals surface area contributed by atoms with Crippen molar-refractivity contribution in [1.82, 2.24) is 0 Å². The maximum absolute atomic E-state index is 11.7. The van der Waals surface area contributed by atoms with Crippen molar-refractivity contribution in [3.8, 4) is 0 Å². The Morgan fingerprint density at radius 1 is 1.63 bits per heavy atom. The third-order valence-corrected chi connectivity index (χ3v) is 2.44. The van der Waals surface area contributed by atoms with E-state index in [1.54, 1.807) is 6.92 Å². The number of ether oxygens (including phenoxy) is 1. The summed E-state index contributed by atoms with van der Waals surface area (Å²) in [6, 6.07) is 3.57. The Morgan fingerprint density at radius 3 is 2.84 bits per heavy atom. The van der Waals surface area contributed by atoms with Crippen LogP contribution >= 0.6 is 0 Å². The zero-order valence-electron chi connectivity index (χ0n) is 10.4. The summed E-state index contributed by atoms with van der Waals surface area (Å²) in [6.07, 6.45) is 0.369. The predicted octanol–water partition coefficient (Wildman–Crippen LogP) is 3.49. The number of benzene rings is 1. The fourth-order valence-corrected chi connectivity index (χ4v) is 1.26. The first-order chi connectivity index (χ1) is 8.99. The van der Waals surface area contributed by atoms with E-state index in [4.69, 9.17) is 10.3 Å². The number of carbonyl (C=O) groups excluding carboxylic acids is 1. The molecule has 0 aromatic heterocycles. The average Bonchev–Trinajstić information content (AvgIpc) is 2.38.